The first-order chi connectivity index (χ1) is 9.49. The first kappa shape index (κ1) is 16.9. The summed E-state index contributed by atoms with van der Waals surface area (Å²) in [6.07, 6.45) is 4.94. The molecule has 1 N–H and O–H groups in total. The van der Waals surface area contributed by atoms with Crippen LogP contribution in [0.5, 0.6) is 0 Å². The third-order valence-corrected chi connectivity index (χ3v) is 3.75. The van der Waals surface area contributed by atoms with Gasteiger partial charge in [0.05, 0.1) is 9.40 Å². The van der Waals surface area contributed by atoms with Crippen LogP contribution in [0, 0.1) is 15.9 Å². The van der Waals surface area contributed by atoms with Gasteiger partial charge in [-0.25, -0.2) is 4.39 Å². The van der Waals surface area contributed by atoms with Gasteiger partial charge in [-0.1, -0.05) is 33.1 Å². The van der Waals surface area contributed by atoms with Crippen LogP contribution in [0.15, 0.2) is 16.6 Å². The van der Waals surface area contributed by atoms with E-state index in [0.717, 1.165) is 32.1 Å². The SMILES string of the molecule is CCCCC(CCC)Nc1cc(F)c(Br)cc1[N+](=O)[O-]. The summed E-state index contributed by atoms with van der Waals surface area (Å²) in [4.78, 5) is 10.6. The highest BCUT2D eigenvalue weighted by Gasteiger charge is 2.19. The van der Waals surface area contributed by atoms with Gasteiger partial charge in [0.15, 0.2) is 0 Å². The number of halogens is 2. The summed E-state index contributed by atoms with van der Waals surface area (Å²) in [7, 11) is 0. The number of nitrogens with zero attached hydrogens (tertiary/aromatic N) is 1. The van der Waals surface area contributed by atoms with E-state index in [4.69, 9.17) is 0 Å². The van der Waals surface area contributed by atoms with E-state index in [0.29, 0.717) is 0 Å². The maximum Gasteiger partial charge on any atom is 0.293 e. The van der Waals surface area contributed by atoms with Gasteiger partial charge in [0.25, 0.3) is 5.69 Å². The molecule has 1 rings (SSSR count). The predicted molar refractivity (Wildman–Crippen MR) is 82.6 cm³/mol. The molecule has 112 valence electrons. The van der Waals surface area contributed by atoms with Gasteiger partial charge < -0.3 is 5.32 Å². The minimum Gasteiger partial charge on any atom is -0.377 e. The molecule has 6 heteroatoms. The summed E-state index contributed by atoms with van der Waals surface area (Å²) in [6.45, 7) is 4.17. The van der Waals surface area contributed by atoms with Crippen LogP contribution in [0.1, 0.15) is 46.0 Å². The molecule has 20 heavy (non-hydrogen) atoms. The van der Waals surface area contributed by atoms with Crippen molar-refractivity contribution in [2.75, 3.05) is 5.32 Å². The van der Waals surface area contributed by atoms with E-state index in [1.165, 1.54) is 12.1 Å². The zero-order valence-corrected chi connectivity index (χ0v) is 13.4. The molecule has 0 fully saturated rings. The van der Waals surface area contributed by atoms with Crippen molar-refractivity contribution in [3.8, 4) is 0 Å². The standard InChI is InChI=1S/C14H20BrFN2O2/c1-3-5-7-10(6-4-2)17-13-9-12(16)11(15)8-14(13)18(19)20/h8-10,17H,3-7H2,1-2H3. The second kappa shape index (κ2) is 8.19. The molecule has 0 heterocycles. The first-order valence-corrected chi connectivity index (χ1v) is 7.68. The van der Waals surface area contributed by atoms with Gasteiger partial charge in [-0.15, -0.1) is 0 Å². The predicted octanol–water partition coefficient (Wildman–Crippen LogP) is 5.27. The molecule has 0 saturated carbocycles. The highest BCUT2D eigenvalue weighted by atomic mass is 79.9. The van der Waals surface area contributed by atoms with E-state index >= 15 is 0 Å². The lowest BCUT2D eigenvalue weighted by Gasteiger charge is -2.19. The number of unbranched alkanes of at least 4 members (excludes halogenated alkanes) is 1. The molecular weight excluding hydrogens is 327 g/mol. The van der Waals surface area contributed by atoms with Gasteiger partial charge in [0.1, 0.15) is 11.5 Å². The minimum absolute atomic E-state index is 0.101. The zero-order chi connectivity index (χ0) is 15.1. The molecule has 0 aliphatic heterocycles. The largest absolute Gasteiger partial charge is 0.377 e. The Labute approximate surface area is 127 Å². The van der Waals surface area contributed by atoms with E-state index in [1.807, 2.05) is 0 Å². The topological polar surface area (TPSA) is 55.2 Å². The molecule has 0 amide bonds. The average Bonchev–Trinajstić information content (AvgIpc) is 2.39. The van der Waals surface area contributed by atoms with Crippen molar-refractivity contribution in [1.82, 2.24) is 0 Å². The van der Waals surface area contributed by atoms with Gasteiger partial charge in [-0.3, -0.25) is 10.1 Å². The van der Waals surface area contributed by atoms with Crippen molar-refractivity contribution < 1.29 is 9.31 Å². The lowest BCUT2D eigenvalue weighted by Crippen LogP contribution is -2.20. The van der Waals surface area contributed by atoms with Gasteiger partial charge in [0, 0.05) is 18.2 Å². The molecule has 1 unspecified atom stereocenters. The van der Waals surface area contributed by atoms with Crippen LogP contribution in [-0.2, 0) is 0 Å². The molecule has 0 bridgehead atoms. The molecule has 0 aliphatic rings. The fraction of sp³-hybridized carbons (Fsp3) is 0.571. The van der Waals surface area contributed by atoms with Crippen LogP contribution in [0.3, 0.4) is 0 Å². The fourth-order valence-corrected chi connectivity index (χ4v) is 2.44. The zero-order valence-electron chi connectivity index (χ0n) is 11.8. The highest BCUT2D eigenvalue weighted by Crippen LogP contribution is 2.31. The van der Waals surface area contributed by atoms with Crippen LogP contribution in [0.4, 0.5) is 15.8 Å². The summed E-state index contributed by atoms with van der Waals surface area (Å²) >= 11 is 2.98. The summed E-state index contributed by atoms with van der Waals surface area (Å²) in [6, 6.07) is 2.54. The molecule has 0 spiro atoms. The molecule has 0 radical (unpaired) electrons. The van der Waals surface area contributed by atoms with Crippen molar-refractivity contribution in [1.29, 1.82) is 0 Å². The Kier molecular flexibility index (Phi) is 6.91. The van der Waals surface area contributed by atoms with E-state index in [2.05, 4.69) is 35.1 Å². The lowest BCUT2D eigenvalue weighted by atomic mass is 10.0. The van der Waals surface area contributed by atoms with Gasteiger partial charge in [0.2, 0.25) is 0 Å². The number of nitrogens with one attached hydrogen (secondary N) is 1. The Balaban J connectivity index is 2.98. The summed E-state index contributed by atoms with van der Waals surface area (Å²) in [5, 5.41) is 14.2. The quantitative estimate of drug-likeness (QED) is 0.515. The summed E-state index contributed by atoms with van der Waals surface area (Å²) < 4.78 is 13.7. The fourth-order valence-electron chi connectivity index (χ4n) is 2.11. The molecule has 4 nitrogen and oxygen atoms in total. The second-order valence-corrected chi connectivity index (χ2v) is 5.67. The first-order valence-electron chi connectivity index (χ1n) is 6.89. The number of nitro benzene ring substituents is 1. The van der Waals surface area contributed by atoms with Crippen molar-refractivity contribution in [3.05, 3.63) is 32.5 Å². The third kappa shape index (κ3) is 4.74. The van der Waals surface area contributed by atoms with Crippen molar-refractivity contribution in [2.24, 2.45) is 0 Å². The van der Waals surface area contributed by atoms with E-state index < -0.39 is 10.7 Å². The maximum absolute atomic E-state index is 13.6. The highest BCUT2D eigenvalue weighted by molar-refractivity contribution is 9.10. The normalized spacial score (nSPS) is 12.2. The molecule has 1 aromatic rings. The van der Waals surface area contributed by atoms with Gasteiger partial charge >= 0.3 is 0 Å². The van der Waals surface area contributed by atoms with Crippen LogP contribution in [0.2, 0.25) is 0 Å². The summed E-state index contributed by atoms with van der Waals surface area (Å²) in [5.41, 5.74) is 0.154. The number of nitro groups is 1. The lowest BCUT2D eigenvalue weighted by molar-refractivity contribution is -0.384. The number of benzene rings is 1. The molecule has 1 aromatic carbocycles. The molecule has 0 aromatic heterocycles. The number of hydrogen-bond donors (Lipinski definition) is 1. The Bertz CT molecular complexity index is 469. The van der Waals surface area contributed by atoms with Crippen LogP contribution >= 0.6 is 15.9 Å². The second-order valence-electron chi connectivity index (χ2n) is 4.81. The van der Waals surface area contributed by atoms with E-state index in [1.54, 1.807) is 0 Å². The smallest absolute Gasteiger partial charge is 0.293 e. The maximum atomic E-state index is 13.6. The molecule has 0 aliphatic carbocycles. The molecular formula is C14H20BrFN2O2. The third-order valence-electron chi connectivity index (χ3n) is 3.14. The van der Waals surface area contributed by atoms with Crippen molar-refractivity contribution in [3.63, 3.8) is 0 Å². The van der Waals surface area contributed by atoms with Crippen molar-refractivity contribution in [2.45, 2.75) is 52.0 Å². The molecule has 0 saturated heterocycles. The van der Waals surface area contributed by atoms with Crippen LogP contribution in [0.25, 0.3) is 0 Å². The molecule has 1 atom stereocenters. The Hall–Kier alpha value is -1.17. The number of rotatable bonds is 8. The van der Waals surface area contributed by atoms with E-state index in [-0.39, 0.29) is 21.9 Å². The van der Waals surface area contributed by atoms with Gasteiger partial charge in [-0.05, 0) is 28.8 Å². The van der Waals surface area contributed by atoms with Crippen molar-refractivity contribution >= 4 is 27.3 Å². The van der Waals surface area contributed by atoms with Crippen LogP contribution < -0.4 is 5.32 Å². The summed E-state index contributed by atoms with van der Waals surface area (Å²) in [5.74, 6) is -0.496. The van der Waals surface area contributed by atoms with Crippen LogP contribution in [-0.4, -0.2) is 11.0 Å². The van der Waals surface area contributed by atoms with E-state index in [9.17, 15) is 14.5 Å². The monoisotopic (exact) mass is 346 g/mol. The Morgan fingerprint density at radius 3 is 2.60 bits per heavy atom. The average molecular weight is 347 g/mol. The number of anilines is 1. The minimum atomic E-state index is -0.496. The Morgan fingerprint density at radius 1 is 1.35 bits per heavy atom. The number of hydrogen-bond acceptors (Lipinski definition) is 3. The van der Waals surface area contributed by atoms with Gasteiger partial charge in [-0.2, -0.15) is 0 Å². The Morgan fingerprint density at radius 2 is 2.05 bits per heavy atom.